The Morgan fingerprint density at radius 1 is 0.971 bits per heavy atom. The van der Waals surface area contributed by atoms with Crippen LogP contribution >= 0.6 is 0 Å². The minimum absolute atomic E-state index is 0.219. The van der Waals surface area contributed by atoms with Gasteiger partial charge in [0, 0.05) is 20.7 Å². The second kappa shape index (κ2) is 13.0. The minimum Gasteiger partial charge on any atom is -0.487 e. The maximum Gasteiger partial charge on any atom is 0.308 e. The fourth-order valence-corrected chi connectivity index (χ4v) is 5.17. The molecule has 1 aromatic carbocycles. The second-order valence-electron chi connectivity index (χ2n) is 11.5. The third-order valence-corrected chi connectivity index (χ3v) is 7.52. The number of hydrogen-bond acceptors (Lipinski definition) is 3. The van der Waals surface area contributed by atoms with E-state index >= 15 is 0 Å². The van der Waals surface area contributed by atoms with Crippen LogP contribution in [0.2, 0.25) is 0 Å². The summed E-state index contributed by atoms with van der Waals surface area (Å²) in [6.07, 6.45) is 11.6. The van der Waals surface area contributed by atoms with Crippen molar-refractivity contribution in [2.24, 2.45) is 17.8 Å². The summed E-state index contributed by atoms with van der Waals surface area (Å²) in [5.41, 5.74) is -0.257. The monoisotopic (exact) mass is 482 g/mol. The third kappa shape index (κ3) is 8.31. The highest BCUT2D eigenvalue weighted by Crippen LogP contribution is 2.45. The maximum atomic E-state index is 11.9. The Hall–Kier alpha value is -1.51. The lowest BCUT2D eigenvalue weighted by atomic mass is 9.84. The number of carbonyl (C=O) groups excluding carboxylic acids is 1. The highest BCUT2D eigenvalue weighted by atomic mass is 16.6. The van der Waals surface area contributed by atoms with Crippen LogP contribution in [0.3, 0.4) is 0 Å². The number of ether oxygens (including phenoxy) is 2. The average Bonchev–Trinajstić information content (AvgIpc) is 2.77. The lowest BCUT2D eigenvalue weighted by Crippen LogP contribution is -2.37. The summed E-state index contributed by atoms with van der Waals surface area (Å²) in [6, 6.07) is 0. The van der Waals surface area contributed by atoms with E-state index in [2.05, 4.69) is 27.7 Å². The molecule has 0 saturated carbocycles. The molecular weight excluding hydrogens is 424 g/mol. The molecule has 0 amide bonds. The Bertz CT molecular complexity index is 999. The molecule has 3 nitrogen and oxygen atoms in total. The highest BCUT2D eigenvalue weighted by Gasteiger charge is 2.34. The number of fused-ring (bicyclic) bond motifs is 1. The number of hydrogen-bond donors (Lipinski definition) is 0. The zero-order valence-corrected chi connectivity index (χ0v) is 22.7. The van der Waals surface area contributed by atoms with Crippen molar-refractivity contribution in [3.8, 4) is 11.5 Å². The number of rotatable bonds is 13. The number of benzene rings is 1. The molecule has 0 fully saturated rings. The van der Waals surface area contributed by atoms with E-state index in [1.165, 1.54) is 38.5 Å². The Morgan fingerprint density at radius 3 is 2.12 bits per heavy atom. The van der Waals surface area contributed by atoms with Crippen molar-refractivity contribution < 1.29 is 22.5 Å². The molecule has 1 aliphatic heterocycles. The summed E-state index contributed by atoms with van der Waals surface area (Å²) in [5.74, 6) is 1.39. The lowest BCUT2D eigenvalue weighted by molar-refractivity contribution is -0.132. The summed E-state index contributed by atoms with van der Waals surface area (Å²) >= 11 is 0. The van der Waals surface area contributed by atoms with Gasteiger partial charge in [-0.2, -0.15) is 0 Å². The van der Waals surface area contributed by atoms with Gasteiger partial charge in [0.2, 0.25) is 0 Å². The van der Waals surface area contributed by atoms with Crippen LogP contribution in [0, 0.1) is 38.4 Å². The first-order chi connectivity index (χ1) is 18.4. The molecule has 1 heterocycles. The maximum absolute atomic E-state index is 11.9. The lowest BCUT2D eigenvalue weighted by Gasteiger charge is -2.38. The predicted octanol–water partition coefficient (Wildman–Crippen LogP) is 9.06. The molecule has 0 aliphatic carbocycles. The van der Waals surface area contributed by atoms with Crippen molar-refractivity contribution in [2.75, 3.05) is 0 Å². The molecule has 2 rings (SSSR count). The Morgan fingerprint density at radius 2 is 1.56 bits per heavy atom. The Balaban J connectivity index is 2.11. The molecule has 1 aromatic rings. The van der Waals surface area contributed by atoms with Gasteiger partial charge in [0.25, 0.3) is 0 Å². The second-order valence-corrected chi connectivity index (χ2v) is 11.5. The van der Waals surface area contributed by atoms with Crippen LogP contribution in [0.15, 0.2) is 0 Å². The fraction of sp³-hybridized carbons (Fsp3) is 0.774. The van der Waals surface area contributed by atoms with Crippen LogP contribution in [0.1, 0.15) is 136 Å². The standard InChI is InChI=1S/C31H52O3/c1-21(2)13-10-14-22(3)15-11-16-23(4)17-12-19-31(9)20-18-28-26(7)29(33-27(8)32)24(5)25(6)30(28)34-31/h21-23H,10-20H2,1-9H3/t22-,23-,31-/m1/s1/i5+1D3,7+1D3,8+1,27+1. The van der Waals surface area contributed by atoms with E-state index in [0.717, 1.165) is 38.0 Å². The minimum atomic E-state index is -2.68. The molecule has 34 heavy (non-hydrogen) atoms. The molecule has 0 N–H and O–H groups in total. The van der Waals surface area contributed by atoms with Crippen LogP contribution in [0.5, 0.6) is 11.5 Å². The molecule has 0 bridgehead atoms. The van der Waals surface area contributed by atoms with Crippen molar-refractivity contribution in [1.82, 2.24) is 0 Å². The zero-order valence-electron chi connectivity index (χ0n) is 28.7. The van der Waals surface area contributed by atoms with Crippen molar-refractivity contribution in [3.63, 3.8) is 0 Å². The molecule has 0 aromatic heterocycles. The SMILES string of the molecule is [2H][13C]([2H])([2H])c1c(C)c2c(c([13C]([2H])([2H])[2H])c1O[13C]([13CH3])=O)CC[C@@](C)(CCC[C@H](C)CCC[C@H](C)CCCC(C)C)O2. The topological polar surface area (TPSA) is 35.5 Å². The molecule has 0 unspecified atom stereocenters. The van der Waals surface area contributed by atoms with Gasteiger partial charge in [0.15, 0.2) is 0 Å². The van der Waals surface area contributed by atoms with Crippen molar-refractivity contribution in [1.29, 1.82) is 0 Å². The van der Waals surface area contributed by atoms with Crippen LogP contribution < -0.4 is 9.47 Å². The van der Waals surface area contributed by atoms with Gasteiger partial charge in [-0.15, -0.1) is 0 Å². The van der Waals surface area contributed by atoms with E-state index in [1.807, 2.05) is 6.92 Å². The number of carbonyl (C=O) groups is 1. The van der Waals surface area contributed by atoms with Gasteiger partial charge in [-0.1, -0.05) is 72.6 Å². The zero-order chi connectivity index (χ0) is 30.5. The first kappa shape index (κ1) is 20.7. The number of esters is 1. The van der Waals surface area contributed by atoms with Crippen LogP contribution in [0.25, 0.3) is 0 Å². The van der Waals surface area contributed by atoms with E-state index in [4.69, 9.17) is 17.7 Å². The quantitative estimate of drug-likeness (QED) is 0.160. The summed E-state index contributed by atoms with van der Waals surface area (Å²) in [5, 5.41) is 0. The molecular formula is C31H52O3. The van der Waals surface area contributed by atoms with Gasteiger partial charge in [0.1, 0.15) is 17.1 Å². The molecule has 1 aliphatic rings. The van der Waals surface area contributed by atoms with Gasteiger partial charge < -0.3 is 9.47 Å². The van der Waals surface area contributed by atoms with Crippen molar-refractivity contribution in [3.05, 3.63) is 22.3 Å². The molecule has 0 saturated heterocycles. The Labute approximate surface area is 218 Å². The van der Waals surface area contributed by atoms with Gasteiger partial charge >= 0.3 is 5.97 Å². The molecule has 3 heteroatoms. The van der Waals surface area contributed by atoms with E-state index in [-0.39, 0.29) is 16.9 Å². The smallest absolute Gasteiger partial charge is 0.308 e. The van der Waals surface area contributed by atoms with Crippen LogP contribution in [-0.4, -0.2) is 11.6 Å². The van der Waals surface area contributed by atoms with Gasteiger partial charge in [-0.05, 0) is 87.7 Å². The normalized spacial score (nSPS) is 22.8. The predicted molar refractivity (Wildman–Crippen MR) is 144 cm³/mol. The van der Waals surface area contributed by atoms with E-state index in [0.29, 0.717) is 35.6 Å². The summed E-state index contributed by atoms with van der Waals surface area (Å²) in [4.78, 5) is 11.9. The van der Waals surface area contributed by atoms with Gasteiger partial charge in [-0.25, -0.2) is 0 Å². The first-order valence-electron chi connectivity index (χ1n) is 16.4. The summed E-state index contributed by atoms with van der Waals surface area (Å²) in [7, 11) is 0. The first-order valence-corrected chi connectivity index (χ1v) is 13.4. The fourth-order valence-electron chi connectivity index (χ4n) is 5.17. The third-order valence-electron chi connectivity index (χ3n) is 7.52. The van der Waals surface area contributed by atoms with Gasteiger partial charge in [0.05, 0.1) is 0 Å². The summed E-state index contributed by atoms with van der Waals surface area (Å²) in [6.45, 7) is 8.71. The van der Waals surface area contributed by atoms with E-state index < -0.39 is 25.3 Å². The summed E-state index contributed by atoms with van der Waals surface area (Å²) < 4.78 is 60.6. The van der Waals surface area contributed by atoms with Crippen molar-refractivity contribution >= 4 is 5.97 Å². The van der Waals surface area contributed by atoms with Crippen LogP contribution in [0.4, 0.5) is 0 Å². The molecule has 3 atom stereocenters. The Kier molecular flexibility index (Phi) is 7.89. The molecule has 194 valence electrons. The van der Waals surface area contributed by atoms with Gasteiger partial charge in [-0.3, -0.25) is 4.79 Å². The highest BCUT2D eigenvalue weighted by molar-refractivity contribution is 5.72. The molecule has 0 spiro atoms. The molecule has 0 radical (unpaired) electrons. The average molecular weight is 483 g/mol. The van der Waals surface area contributed by atoms with E-state index in [1.54, 1.807) is 6.92 Å². The van der Waals surface area contributed by atoms with E-state index in [9.17, 15) is 4.79 Å². The van der Waals surface area contributed by atoms with Crippen LogP contribution in [-0.2, 0) is 11.2 Å². The largest absolute Gasteiger partial charge is 0.487 e. The van der Waals surface area contributed by atoms with Crippen molar-refractivity contribution in [2.45, 2.75) is 138 Å².